The highest BCUT2D eigenvalue weighted by Crippen LogP contribution is 2.25. The zero-order valence-corrected chi connectivity index (χ0v) is 19.0. The number of amides is 2. The van der Waals surface area contributed by atoms with Crippen molar-refractivity contribution in [3.63, 3.8) is 0 Å². The fourth-order valence-electron chi connectivity index (χ4n) is 3.77. The Hall–Kier alpha value is -3.50. The van der Waals surface area contributed by atoms with Gasteiger partial charge in [0.05, 0.1) is 0 Å². The summed E-state index contributed by atoms with van der Waals surface area (Å²) in [5.41, 5.74) is 1.39. The summed E-state index contributed by atoms with van der Waals surface area (Å²) in [7, 11) is -3.72. The minimum absolute atomic E-state index is 0.176. The predicted molar refractivity (Wildman–Crippen MR) is 125 cm³/mol. The fraction of sp³-hybridized carbons (Fsp3) is 0.261. The summed E-state index contributed by atoms with van der Waals surface area (Å²) in [6.45, 7) is 2.47. The van der Waals surface area contributed by atoms with Crippen LogP contribution in [0.15, 0.2) is 65.8 Å². The quantitative estimate of drug-likeness (QED) is 0.535. The van der Waals surface area contributed by atoms with Crippen LogP contribution in [0.2, 0.25) is 0 Å². The minimum atomic E-state index is -3.72. The number of H-pyrrole nitrogens is 1. The molecule has 0 saturated carbocycles. The first-order chi connectivity index (χ1) is 15.9. The zero-order chi connectivity index (χ0) is 23.4. The number of fused-ring (bicyclic) bond motifs is 1. The number of sulfonamides is 1. The molecule has 1 atom stereocenters. The summed E-state index contributed by atoms with van der Waals surface area (Å²) in [5.74, 6) is -0.612. The van der Waals surface area contributed by atoms with E-state index in [0.29, 0.717) is 11.0 Å². The molecule has 9 nitrogen and oxygen atoms in total. The number of carbonyl (C=O) groups is 2. The van der Waals surface area contributed by atoms with Crippen LogP contribution in [0.3, 0.4) is 0 Å². The number of pyridine rings is 1. The van der Waals surface area contributed by atoms with Crippen molar-refractivity contribution < 1.29 is 18.0 Å². The number of rotatable bonds is 6. The van der Waals surface area contributed by atoms with Gasteiger partial charge < -0.3 is 15.2 Å². The first-order valence-electron chi connectivity index (χ1n) is 10.6. The van der Waals surface area contributed by atoms with Crippen molar-refractivity contribution >= 4 is 38.9 Å². The molecular weight excluding hydrogens is 442 g/mol. The number of carbonyl (C=O) groups excluding carboxylic acids is 2. The van der Waals surface area contributed by atoms with Crippen molar-refractivity contribution in [3.05, 3.63) is 66.5 Å². The summed E-state index contributed by atoms with van der Waals surface area (Å²) in [4.78, 5) is 33.7. The highest BCUT2D eigenvalue weighted by molar-refractivity contribution is 7.89. The van der Waals surface area contributed by atoms with Crippen molar-refractivity contribution in [1.82, 2.24) is 24.5 Å². The van der Waals surface area contributed by atoms with Crippen LogP contribution in [0.5, 0.6) is 0 Å². The molecule has 10 heteroatoms. The van der Waals surface area contributed by atoms with Crippen molar-refractivity contribution in [2.24, 2.45) is 0 Å². The molecule has 3 aromatic rings. The van der Waals surface area contributed by atoms with Crippen LogP contribution in [-0.4, -0.2) is 71.6 Å². The predicted octanol–water partition coefficient (Wildman–Crippen LogP) is 1.61. The van der Waals surface area contributed by atoms with E-state index in [0.717, 1.165) is 5.56 Å². The van der Waals surface area contributed by atoms with Gasteiger partial charge >= 0.3 is 0 Å². The van der Waals surface area contributed by atoms with E-state index in [2.05, 4.69) is 15.3 Å². The number of nitrogens with one attached hydrogen (secondary N) is 2. The number of aromatic amines is 1. The zero-order valence-electron chi connectivity index (χ0n) is 18.1. The van der Waals surface area contributed by atoms with E-state index in [-0.39, 0.29) is 42.9 Å². The van der Waals surface area contributed by atoms with Crippen LogP contribution in [0.1, 0.15) is 12.5 Å². The molecule has 2 aromatic heterocycles. The van der Waals surface area contributed by atoms with Crippen molar-refractivity contribution in [3.8, 4) is 0 Å². The lowest BCUT2D eigenvalue weighted by Crippen LogP contribution is -2.54. The maximum atomic E-state index is 13.1. The minimum Gasteiger partial charge on any atom is -0.345 e. The molecule has 4 rings (SSSR count). The van der Waals surface area contributed by atoms with Gasteiger partial charge in [-0.05, 0) is 30.7 Å². The van der Waals surface area contributed by atoms with Crippen LogP contribution in [0, 0.1) is 0 Å². The second-order valence-electron chi connectivity index (χ2n) is 7.76. The largest absolute Gasteiger partial charge is 0.345 e. The Balaban J connectivity index is 1.33. The molecule has 3 heterocycles. The second kappa shape index (κ2) is 9.55. The van der Waals surface area contributed by atoms with E-state index in [1.165, 1.54) is 16.6 Å². The molecule has 2 amide bonds. The number of hydrogen-bond donors (Lipinski definition) is 2. The van der Waals surface area contributed by atoms with Crippen molar-refractivity contribution in [2.45, 2.75) is 17.9 Å². The van der Waals surface area contributed by atoms with Crippen LogP contribution in [0.4, 0.5) is 0 Å². The van der Waals surface area contributed by atoms with Crippen LogP contribution in [0.25, 0.3) is 17.1 Å². The Morgan fingerprint density at radius 1 is 1.09 bits per heavy atom. The molecule has 1 aliphatic heterocycles. The fourth-order valence-corrected chi connectivity index (χ4v) is 5.34. The molecule has 1 aromatic carbocycles. The van der Waals surface area contributed by atoms with Gasteiger partial charge in [0.2, 0.25) is 21.8 Å². The molecule has 1 aliphatic rings. The summed E-state index contributed by atoms with van der Waals surface area (Å²) in [5, 5.41) is 3.21. The van der Waals surface area contributed by atoms with Gasteiger partial charge in [-0.3, -0.25) is 9.59 Å². The smallest absolute Gasteiger partial charge is 0.245 e. The van der Waals surface area contributed by atoms with Crippen LogP contribution >= 0.6 is 0 Å². The van der Waals surface area contributed by atoms with Gasteiger partial charge in [0.1, 0.15) is 16.6 Å². The standard InChI is InChI=1S/C23H25N5O4S/c1-17(26-21(29)10-9-18-6-3-2-4-7-18)23(30)27-12-14-28(15-13-27)33(31,32)20-16-25-22-19(20)8-5-11-24-22/h2-11,16-17H,12-15H2,1H3,(H,24,25)(H,26,29)/b10-9+. The van der Waals surface area contributed by atoms with E-state index < -0.39 is 16.1 Å². The second-order valence-corrected chi connectivity index (χ2v) is 9.66. The first kappa shape index (κ1) is 22.7. The summed E-state index contributed by atoms with van der Waals surface area (Å²) in [6, 6.07) is 12.1. The highest BCUT2D eigenvalue weighted by atomic mass is 32.2. The third kappa shape index (κ3) is 4.96. The van der Waals surface area contributed by atoms with Crippen molar-refractivity contribution in [1.29, 1.82) is 0 Å². The van der Waals surface area contributed by atoms with Crippen molar-refractivity contribution in [2.75, 3.05) is 26.2 Å². The Bertz CT molecular complexity index is 1280. The number of hydrogen-bond acceptors (Lipinski definition) is 5. The van der Waals surface area contributed by atoms with E-state index >= 15 is 0 Å². The van der Waals surface area contributed by atoms with Crippen LogP contribution in [-0.2, 0) is 19.6 Å². The molecular formula is C23H25N5O4S. The Morgan fingerprint density at radius 2 is 1.82 bits per heavy atom. The summed E-state index contributed by atoms with van der Waals surface area (Å²) >= 11 is 0. The average molecular weight is 468 g/mol. The van der Waals surface area contributed by atoms with Gasteiger partial charge in [-0.15, -0.1) is 0 Å². The lowest BCUT2D eigenvalue weighted by Gasteiger charge is -2.35. The first-order valence-corrected chi connectivity index (χ1v) is 12.0. The monoisotopic (exact) mass is 467 g/mol. The maximum Gasteiger partial charge on any atom is 0.245 e. The lowest BCUT2D eigenvalue weighted by molar-refractivity contribution is -0.136. The third-order valence-electron chi connectivity index (χ3n) is 5.54. The molecule has 1 unspecified atom stereocenters. The number of piperazine rings is 1. The van der Waals surface area contributed by atoms with Gasteiger partial charge in [-0.1, -0.05) is 30.3 Å². The molecule has 1 saturated heterocycles. The maximum absolute atomic E-state index is 13.1. The summed E-state index contributed by atoms with van der Waals surface area (Å²) in [6.07, 6.45) is 6.11. The van der Waals surface area contributed by atoms with Gasteiger partial charge in [-0.2, -0.15) is 4.31 Å². The Morgan fingerprint density at radius 3 is 2.55 bits per heavy atom. The normalized spacial score (nSPS) is 16.2. The third-order valence-corrected chi connectivity index (χ3v) is 7.48. The van der Waals surface area contributed by atoms with Gasteiger partial charge in [0.15, 0.2) is 0 Å². The lowest BCUT2D eigenvalue weighted by atomic mass is 10.2. The van der Waals surface area contributed by atoms with Gasteiger partial charge in [0.25, 0.3) is 0 Å². The Labute approximate surface area is 192 Å². The molecule has 0 aliphatic carbocycles. The molecule has 0 radical (unpaired) electrons. The van der Waals surface area contributed by atoms with E-state index in [4.69, 9.17) is 0 Å². The molecule has 33 heavy (non-hydrogen) atoms. The highest BCUT2D eigenvalue weighted by Gasteiger charge is 2.33. The van der Waals surface area contributed by atoms with E-state index in [1.807, 2.05) is 30.3 Å². The van der Waals surface area contributed by atoms with Crippen LogP contribution < -0.4 is 5.32 Å². The number of nitrogens with zero attached hydrogens (tertiary/aromatic N) is 3. The molecule has 0 bridgehead atoms. The topological polar surface area (TPSA) is 115 Å². The molecule has 0 spiro atoms. The Kier molecular flexibility index (Phi) is 6.57. The molecule has 2 N–H and O–H groups in total. The van der Waals surface area contributed by atoms with Gasteiger partial charge in [-0.25, -0.2) is 13.4 Å². The van der Waals surface area contributed by atoms with E-state index in [9.17, 15) is 18.0 Å². The molecule has 172 valence electrons. The van der Waals surface area contributed by atoms with E-state index in [1.54, 1.807) is 36.2 Å². The summed E-state index contributed by atoms with van der Waals surface area (Å²) < 4.78 is 27.6. The SMILES string of the molecule is CC(NC(=O)/C=C/c1ccccc1)C(=O)N1CCN(S(=O)(=O)c2c[nH]c3ncccc23)CC1. The van der Waals surface area contributed by atoms with Gasteiger partial charge in [0, 0.05) is 50.0 Å². The molecule has 1 fully saturated rings. The number of aromatic nitrogens is 2. The number of benzene rings is 1. The average Bonchev–Trinajstić information content (AvgIpc) is 3.28.